The number of ether oxygens (including phenoxy) is 1. The summed E-state index contributed by atoms with van der Waals surface area (Å²) in [4.78, 5) is -2.25. The standard InChI is InChI=1S/C30H18F4O4S/c31-24-26(33)30(39(35,36)37)27(34)25(32)29(24)38-28-22(19-12-6-2-7-13-19)16-21(18-10-4-1-5-11-18)17-23(28)20-14-8-3-9-15-20/h1-17H,(H,35,36,37)/p-1. The second kappa shape index (κ2) is 10.4. The van der Waals surface area contributed by atoms with Gasteiger partial charge in [-0.05, 0) is 34.4 Å². The van der Waals surface area contributed by atoms with Crippen LogP contribution in [0.3, 0.4) is 0 Å². The maximum Gasteiger partial charge on any atom is 0.205 e. The maximum atomic E-state index is 15.0. The van der Waals surface area contributed by atoms with Crippen LogP contribution < -0.4 is 4.74 Å². The van der Waals surface area contributed by atoms with Crippen LogP contribution in [0.1, 0.15) is 0 Å². The van der Waals surface area contributed by atoms with Crippen LogP contribution in [0.4, 0.5) is 17.6 Å². The minimum Gasteiger partial charge on any atom is -0.744 e. The van der Waals surface area contributed by atoms with E-state index in [4.69, 9.17) is 4.74 Å². The normalized spacial score (nSPS) is 11.4. The van der Waals surface area contributed by atoms with Crippen molar-refractivity contribution in [1.82, 2.24) is 0 Å². The van der Waals surface area contributed by atoms with E-state index in [2.05, 4.69) is 0 Å². The summed E-state index contributed by atoms with van der Waals surface area (Å²) in [5.74, 6) is -10.7. The molecule has 0 radical (unpaired) electrons. The predicted molar refractivity (Wildman–Crippen MR) is 137 cm³/mol. The molecule has 0 saturated heterocycles. The molecule has 9 heteroatoms. The molecule has 196 valence electrons. The molecule has 0 spiro atoms. The van der Waals surface area contributed by atoms with Crippen molar-refractivity contribution in [3.8, 4) is 44.9 Å². The predicted octanol–water partition coefficient (Wildman–Crippen LogP) is 7.94. The van der Waals surface area contributed by atoms with Crippen LogP contribution in [0.15, 0.2) is 108 Å². The van der Waals surface area contributed by atoms with Crippen molar-refractivity contribution >= 4 is 10.1 Å². The first-order valence-corrected chi connectivity index (χ1v) is 12.9. The first-order chi connectivity index (χ1) is 18.7. The third-order valence-electron chi connectivity index (χ3n) is 6.00. The smallest absolute Gasteiger partial charge is 0.205 e. The Bertz CT molecular complexity index is 1690. The van der Waals surface area contributed by atoms with Gasteiger partial charge in [0, 0.05) is 11.1 Å². The Kier molecular flexibility index (Phi) is 6.94. The molecule has 5 rings (SSSR count). The quantitative estimate of drug-likeness (QED) is 0.123. The fourth-order valence-electron chi connectivity index (χ4n) is 4.20. The molecule has 0 aliphatic heterocycles. The van der Waals surface area contributed by atoms with E-state index in [0.29, 0.717) is 27.8 Å². The number of hydrogen-bond donors (Lipinski definition) is 0. The molecule has 0 aliphatic rings. The summed E-state index contributed by atoms with van der Waals surface area (Å²) in [5, 5.41) is 0. The zero-order valence-electron chi connectivity index (χ0n) is 19.9. The van der Waals surface area contributed by atoms with E-state index < -0.39 is 44.0 Å². The molecule has 4 nitrogen and oxygen atoms in total. The van der Waals surface area contributed by atoms with Crippen molar-refractivity contribution in [2.45, 2.75) is 4.90 Å². The molecule has 0 atom stereocenters. The molecule has 0 N–H and O–H groups in total. The highest BCUT2D eigenvalue weighted by atomic mass is 32.2. The van der Waals surface area contributed by atoms with Gasteiger partial charge >= 0.3 is 0 Å². The first-order valence-electron chi connectivity index (χ1n) is 11.5. The number of benzene rings is 5. The molecule has 0 fully saturated rings. The molecule has 39 heavy (non-hydrogen) atoms. The van der Waals surface area contributed by atoms with E-state index in [1.54, 1.807) is 72.8 Å². The zero-order chi connectivity index (χ0) is 27.7. The third kappa shape index (κ3) is 5.01. The molecular formula is C30H17F4O4S-. The van der Waals surface area contributed by atoms with E-state index in [1.165, 1.54) is 0 Å². The summed E-state index contributed by atoms with van der Waals surface area (Å²) in [6.45, 7) is 0. The van der Waals surface area contributed by atoms with Crippen LogP contribution in [0.5, 0.6) is 11.5 Å². The molecule has 0 unspecified atom stereocenters. The van der Waals surface area contributed by atoms with Crippen molar-refractivity contribution in [3.05, 3.63) is 126 Å². The van der Waals surface area contributed by atoms with Gasteiger partial charge in [0.25, 0.3) is 0 Å². The van der Waals surface area contributed by atoms with Gasteiger partial charge in [-0.1, -0.05) is 91.0 Å². The summed E-state index contributed by atoms with van der Waals surface area (Å²) in [7, 11) is -5.87. The highest BCUT2D eigenvalue weighted by Gasteiger charge is 2.31. The maximum absolute atomic E-state index is 15.0. The average molecular weight is 550 g/mol. The van der Waals surface area contributed by atoms with Crippen molar-refractivity contribution in [2.24, 2.45) is 0 Å². The van der Waals surface area contributed by atoms with Crippen LogP contribution in [0, 0.1) is 23.3 Å². The molecular weight excluding hydrogens is 532 g/mol. The van der Waals surface area contributed by atoms with Crippen LogP contribution in [-0.2, 0) is 10.1 Å². The average Bonchev–Trinajstić information content (AvgIpc) is 2.95. The van der Waals surface area contributed by atoms with Crippen LogP contribution in [0.2, 0.25) is 0 Å². The second-order valence-corrected chi connectivity index (χ2v) is 9.79. The third-order valence-corrected chi connectivity index (χ3v) is 6.86. The lowest BCUT2D eigenvalue weighted by Gasteiger charge is -2.20. The van der Waals surface area contributed by atoms with Crippen LogP contribution in [-0.4, -0.2) is 13.0 Å². The van der Waals surface area contributed by atoms with Crippen LogP contribution >= 0.6 is 0 Å². The van der Waals surface area contributed by atoms with E-state index >= 15 is 8.78 Å². The lowest BCUT2D eigenvalue weighted by molar-refractivity contribution is 0.346. The fraction of sp³-hybridized carbons (Fsp3) is 0. The van der Waals surface area contributed by atoms with Gasteiger partial charge in [0.05, 0.1) is 0 Å². The lowest BCUT2D eigenvalue weighted by Crippen LogP contribution is -2.11. The van der Waals surface area contributed by atoms with Gasteiger partial charge in [-0.2, -0.15) is 8.78 Å². The highest BCUT2D eigenvalue weighted by Crippen LogP contribution is 2.46. The van der Waals surface area contributed by atoms with Gasteiger partial charge in [0.15, 0.2) is 11.6 Å². The minimum atomic E-state index is -5.87. The fourth-order valence-corrected chi connectivity index (χ4v) is 4.82. The topological polar surface area (TPSA) is 66.4 Å². The van der Waals surface area contributed by atoms with Gasteiger partial charge < -0.3 is 9.29 Å². The lowest BCUT2D eigenvalue weighted by atomic mass is 9.92. The highest BCUT2D eigenvalue weighted by molar-refractivity contribution is 7.85. The Labute approximate surface area is 221 Å². The van der Waals surface area contributed by atoms with E-state index in [9.17, 15) is 21.8 Å². The largest absolute Gasteiger partial charge is 0.744 e. The number of rotatable bonds is 6. The molecule has 0 bridgehead atoms. The Morgan fingerprint density at radius 2 is 0.897 bits per heavy atom. The Morgan fingerprint density at radius 3 is 1.28 bits per heavy atom. The van der Waals surface area contributed by atoms with Gasteiger partial charge in [0.1, 0.15) is 20.8 Å². The van der Waals surface area contributed by atoms with Crippen molar-refractivity contribution in [1.29, 1.82) is 0 Å². The number of hydrogen-bond acceptors (Lipinski definition) is 4. The van der Waals surface area contributed by atoms with E-state index in [-0.39, 0.29) is 5.75 Å². The van der Waals surface area contributed by atoms with Gasteiger partial charge in [-0.15, -0.1) is 0 Å². The minimum absolute atomic E-state index is 0.151. The first kappa shape index (κ1) is 26.1. The summed E-state index contributed by atoms with van der Waals surface area (Å²) >= 11 is 0. The summed E-state index contributed by atoms with van der Waals surface area (Å²) in [6.07, 6.45) is 0. The molecule has 0 amide bonds. The SMILES string of the molecule is O=S(=O)([O-])c1c(F)c(F)c(Oc2c(-c3ccccc3)cc(-c3ccccc3)cc2-c2ccccc2)c(F)c1F. The molecule has 0 saturated carbocycles. The Hall–Kier alpha value is -4.47. The van der Waals surface area contributed by atoms with Crippen molar-refractivity contribution in [3.63, 3.8) is 0 Å². The summed E-state index contributed by atoms with van der Waals surface area (Å²) in [6, 6.07) is 29.9. The Balaban J connectivity index is 1.84. The molecule has 5 aromatic rings. The summed E-state index contributed by atoms with van der Waals surface area (Å²) in [5.41, 5.74) is 3.31. The second-order valence-electron chi connectivity index (χ2n) is 8.47. The van der Waals surface area contributed by atoms with Crippen LogP contribution in [0.25, 0.3) is 33.4 Å². The van der Waals surface area contributed by atoms with Gasteiger partial charge in [0.2, 0.25) is 17.4 Å². The van der Waals surface area contributed by atoms with Gasteiger partial charge in [-0.3, -0.25) is 0 Å². The zero-order valence-corrected chi connectivity index (χ0v) is 20.7. The molecule has 0 heterocycles. The van der Waals surface area contributed by atoms with Gasteiger partial charge in [-0.25, -0.2) is 17.2 Å². The van der Waals surface area contributed by atoms with E-state index in [0.717, 1.165) is 5.56 Å². The molecule has 0 aliphatic carbocycles. The van der Waals surface area contributed by atoms with Crippen molar-refractivity contribution in [2.75, 3.05) is 0 Å². The molecule has 5 aromatic carbocycles. The Morgan fingerprint density at radius 1 is 0.513 bits per heavy atom. The van der Waals surface area contributed by atoms with Crippen molar-refractivity contribution < 1.29 is 35.3 Å². The number of halogens is 4. The van der Waals surface area contributed by atoms with E-state index in [1.807, 2.05) is 30.3 Å². The summed E-state index contributed by atoms with van der Waals surface area (Å²) < 4.78 is 98.7. The monoisotopic (exact) mass is 549 g/mol. The molecule has 0 aromatic heterocycles.